The predicted octanol–water partition coefficient (Wildman–Crippen LogP) is 2.16. The first-order valence-corrected chi connectivity index (χ1v) is 5.91. The maximum absolute atomic E-state index is 5.44. The number of oxazole rings is 1. The highest BCUT2D eigenvalue weighted by molar-refractivity contribution is 5.27. The molecule has 1 atom stereocenters. The fourth-order valence-electron chi connectivity index (χ4n) is 2.30. The van der Waals surface area contributed by atoms with E-state index in [9.17, 15) is 0 Å². The Morgan fingerprint density at radius 1 is 1.47 bits per heavy atom. The highest BCUT2D eigenvalue weighted by Gasteiger charge is 2.23. The summed E-state index contributed by atoms with van der Waals surface area (Å²) in [6.07, 6.45) is 5.81. The zero-order valence-electron chi connectivity index (χ0n) is 9.81. The summed E-state index contributed by atoms with van der Waals surface area (Å²) >= 11 is 0. The zero-order valence-corrected chi connectivity index (χ0v) is 9.81. The van der Waals surface area contributed by atoms with E-state index in [1.54, 1.807) is 6.20 Å². The molecule has 1 unspecified atom stereocenters. The number of fused-ring (bicyclic) bond motifs is 1. The minimum absolute atomic E-state index is 0.332. The molecule has 0 fully saturated rings. The number of nitrogens with zero attached hydrogens (tertiary/aromatic N) is 2. The SMILES string of the molecule is Cc1cnc(CNC2CCc3cccnc32)o1. The van der Waals surface area contributed by atoms with Gasteiger partial charge in [-0.2, -0.15) is 0 Å². The van der Waals surface area contributed by atoms with Crippen molar-refractivity contribution in [3.63, 3.8) is 0 Å². The van der Waals surface area contributed by atoms with E-state index in [4.69, 9.17) is 4.42 Å². The van der Waals surface area contributed by atoms with Gasteiger partial charge in [0.2, 0.25) is 5.89 Å². The number of rotatable bonds is 3. The first-order chi connectivity index (χ1) is 8.33. The van der Waals surface area contributed by atoms with Gasteiger partial charge in [0.15, 0.2) is 0 Å². The van der Waals surface area contributed by atoms with Crippen molar-refractivity contribution in [2.45, 2.75) is 32.4 Å². The highest BCUT2D eigenvalue weighted by atomic mass is 16.4. The molecule has 0 amide bonds. The molecule has 88 valence electrons. The average Bonchev–Trinajstić information content (AvgIpc) is 2.93. The number of nitrogens with one attached hydrogen (secondary N) is 1. The number of aromatic nitrogens is 2. The molecule has 0 saturated heterocycles. The number of pyridine rings is 1. The molecular formula is C13H15N3O. The van der Waals surface area contributed by atoms with E-state index in [-0.39, 0.29) is 0 Å². The Labute approximate surface area is 100 Å². The molecule has 4 nitrogen and oxygen atoms in total. The van der Waals surface area contributed by atoms with Gasteiger partial charge in [0.05, 0.1) is 24.5 Å². The van der Waals surface area contributed by atoms with Crippen LogP contribution in [0.2, 0.25) is 0 Å². The zero-order chi connectivity index (χ0) is 11.7. The molecule has 2 aromatic rings. The summed E-state index contributed by atoms with van der Waals surface area (Å²) in [7, 11) is 0. The maximum atomic E-state index is 5.44. The summed E-state index contributed by atoms with van der Waals surface area (Å²) in [5, 5.41) is 3.45. The summed E-state index contributed by atoms with van der Waals surface area (Å²) in [5.41, 5.74) is 2.53. The topological polar surface area (TPSA) is 51.0 Å². The summed E-state index contributed by atoms with van der Waals surface area (Å²) in [4.78, 5) is 8.63. The van der Waals surface area contributed by atoms with E-state index >= 15 is 0 Å². The average molecular weight is 229 g/mol. The minimum atomic E-state index is 0.332. The smallest absolute Gasteiger partial charge is 0.208 e. The Morgan fingerprint density at radius 3 is 3.24 bits per heavy atom. The number of hydrogen-bond acceptors (Lipinski definition) is 4. The lowest BCUT2D eigenvalue weighted by Gasteiger charge is -2.11. The summed E-state index contributed by atoms with van der Waals surface area (Å²) in [6, 6.07) is 4.48. The molecule has 4 heteroatoms. The van der Waals surface area contributed by atoms with Gasteiger partial charge in [-0.1, -0.05) is 6.07 Å². The molecule has 0 aromatic carbocycles. The van der Waals surface area contributed by atoms with Gasteiger partial charge in [-0.15, -0.1) is 0 Å². The summed E-state index contributed by atoms with van der Waals surface area (Å²) in [5.74, 6) is 1.60. The van der Waals surface area contributed by atoms with E-state index in [1.807, 2.05) is 19.2 Å². The van der Waals surface area contributed by atoms with Crippen LogP contribution < -0.4 is 5.32 Å². The van der Waals surface area contributed by atoms with Crippen LogP contribution in [-0.4, -0.2) is 9.97 Å². The number of hydrogen-bond donors (Lipinski definition) is 1. The lowest BCUT2D eigenvalue weighted by Crippen LogP contribution is -2.19. The first-order valence-electron chi connectivity index (χ1n) is 5.91. The minimum Gasteiger partial charge on any atom is -0.445 e. The van der Waals surface area contributed by atoms with Crippen molar-refractivity contribution >= 4 is 0 Å². The van der Waals surface area contributed by atoms with Gasteiger partial charge in [-0.3, -0.25) is 4.98 Å². The van der Waals surface area contributed by atoms with Crippen LogP contribution in [0.25, 0.3) is 0 Å². The standard InChI is InChI=1S/C13H15N3O/c1-9-7-16-12(17-9)8-15-11-5-4-10-3-2-6-14-13(10)11/h2-3,6-7,11,15H,4-5,8H2,1H3. The molecule has 1 aliphatic carbocycles. The van der Waals surface area contributed by atoms with Crippen molar-refractivity contribution in [2.24, 2.45) is 0 Å². The molecule has 3 rings (SSSR count). The first kappa shape index (κ1) is 10.5. The van der Waals surface area contributed by atoms with Crippen LogP contribution in [-0.2, 0) is 13.0 Å². The van der Waals surface area contributed by atoms with Crippen LogP contribution in [0.5, 0.6) is 0 Å². The molecule has 1 aliphatic rings. The summed E-state index contributed by atoms with van der Waals surface area (Å²) < 4.78 is 5.44. The van der Waals surface area contributed by atoms with Crippen molar-refractivity contribution < 1.29 is 4.42 Å². The summed E-state index contributed by atoms with van der Waals surface area (Å²) in [6.45, 7) is 2.57. The van der Waals surface area contributed by atoms with Crippen molar-refractivity contribution in [2.75, 3.05) is 0 Å². The van der Waals surface area contributed by atoms with E-state index in [0.717, 1.165) is 24.5 Å². The quantitative estimate of drug-likeness (QED) is 0.876. The fourth-order valence-corrected chi connectivity index (χ4v) is 2.30. The van der Waals surface area contributed by atoms with Gasteiger partial charge in [0.25, 0.3) is 0 Å². The lowest BCUT2D eigenvalue weighted by molar-refractivity contribution is 0.421. The Kier molecular flexibility index (Phi) is 2.65. The fraction of sp³-hybridized carbons (Fsp3) is 0.385. The van der Waals surface area contributed by atoms with Crippen LogP contribution in [0.15, 0.2) is 28.9 Å². The van der Waals surface area contributed by atoms with Gasteiger partial charge in [-0.25, -0.2) is 4.98 Å². The van der Waals surface area contributed by atoms with Crippen LogP contribution in [0, 0.1) is 6.92 Å². The molecule has 17 heavy (non-hydrogen) atoms. The third kappa shape index (κ3) is 2.08. The molecule has 0 saturated carbocycles. The van der Waals surface area contributed by atoms with Gasteiger partial charge < -0.3 is 9.73 Å². The molecule has 0 spiro atoms. The van der Waals surface area contributed by atoms with E-state index < -0.39 is 0 Å². The van der Waals surface area contributed by atoms with Gasteiger partial charge in [0.1, 0.15) is 5.76 Å². The van der Waals surface area contributed by atoms with Gasteiger partial charge in [-0.05, 0) is 31.4 Å². The van der Waals surface area contributed by atoms with E-state index in [0.29, 0.717) is 12.6 Å². The Balaban J connectivity index is 1.68. The third-order valence-corrected chi connectivity index (χ3v) is 3.13. The molecule has 2 aromatic heterocycles. The molecule has 0 aliphatic heterocycles. The van der Waals surface area contributed by atoms with E-state index in [2.05, 4.69) is 21.4 Å². The normalized spacial score (nSPS) is 18.3. The molecule has 2 heterocycles. The Bertz CT molecular complexity index is 521. The van der Waals surface area contributed by atoms with Crippen LogP contribution in [0.4, 0.5) is 0 Å². The lowest BCUT2D eigenvalue weighted by atomic mass is 10.2. The second kappa shape index (κ2) is 4.30. The van der Waals surface area contributed by atoms with Crippen LogP contribution >= 0.6 is 0 Å². The van der Waals surface area contributed by atoms with Gasteiger partial charge in [0, 0.05) is 6.20 Å². The molecule has 1 N–H and O–H groups in total. The van der Waals surface area contributed by atoms with Crippen LogP contribution in [0.1, 0.15) is 35.4 Å². The van der Waals surface area contributed by atoms with Crippen molar-refractivity contribution in [1.82, 2.24) is 15.3 Å². The monoisotopic (exact) mass is 229 g/mol. The largest absolute Gasteiger partial charge is 0.445 e. The predicted molar refractivity (Wildman–Crippen MR) is 63.4 cm³/mol. The van der Waals surface area contributed by atoms with E-state index in [1.165, 1.54) is 11.3 Å². The maximum Gasteiger partial charge on any atom is 0.208 e. The van der Waals surface area contributed by atoms with Crippen molar-refractivity contribution in [3.05, 3.63) is 47.4 Å². The molecular weight excluding hydrogens is 214 g/mol. The molecule has 0 bridgehead atoms. The second-order valence-electron chi connectivity index (χ2n) is 4.38. The number of aryl methyl sites for hydroxylation is 2. The highest BCUT2D eigenvalue weighted by Crippen LogP contribution is 2.28. The Hall–Kier alpha value is -1.68. The van der Waals surface area contributed by atoms with Crippen molar-refractivity contribution in [1.29, 1.82) is 0 Å². The Morgan fingerprint density at radius 2 is 2.41 bits per heavy atom. The van der Waals surface area contributed by atoms with Crippen molar-refractivity contribution in [3.8, 4) is 0 Å². The second-order valence-corrected chi connectivity index (χ2v) is 4.38. The van der Waals surface area contributed by atoms with Crippen LogP contribution in [0.3, 0.4) is 0 Å². The van der Waals surface area contributed by atoms with Gasteiger partial charge >= 0.3 is 0 Å². The third-order valence-electron chi connectivity index (χ3n) is 3.13. The molecule has 0 radical (unpaired) electrons.